The number of ether oxygens (including phenoxy) is 2. The third kappa shape index (κ3) is 5.90. The number of nitrogens with zero attached hydrogens (tertiary/aromatic N) is 2. The molecule has 132 valence electrons. The van der Waals surface area contributed by atoms with Gasteiger partial charge in [-0.05, 0) is 18.6 Å². The summed E-state index contributed by atoms with van der Waals surface area (Å²) < 4.78 is 24.4. The molecule has 0 atom stereocenters. The van der Waals surface area contributed by atoms with E-state index in [4.69, 9.17) is 9.47 Å². The van der Waals surface area contributed by atoms with Crippen molar-refractivity contribution in [2.75, 3.05) is 46.0 Å². The van der Waals surface area contributed by atoms with E-state index >= 15 is 0 Å². The molecule has 0 radical (unpaired) electrons. The van der Waals surface area contributed by atoms with Crippen molar-refractivity contribution in [3.63, 3.8) is 0 Å². The summed E-state index contributed by atoms with van der Waals surface area (Å²) in [6, 6.07) is 5.96. The number of nitrogens with one attached hydrogen (secondary N) is 1. The quantitative estimate of drug-likeness (QED) is 0.634. The highest BCUT2D eigenvalue weighted by Gasteiger charge is 2.14. The molecule has 2 rings (SSSR count). The number of aliphatic imine (C=N–C) groups is 1. The molecule has 7 heteroatoms. The zero-order valence-corrected chi connectivity index (χ0v) is 14.0. The number of hydrogen-bond acceptors (Lipinski definition) is 5. The second-order valence-electron chi connectivity index (χ2n) is 5.42. The molecule has 1 heterocycles. The number of carbonyl (C=O) groups is 1. The van der Waals surface area contributed by atoms with E-state index in [9.17, 15) is 9.18 Å². The molecule has 6 nitrogen and oxygen atoms in total. The Morgan fingerprint density at radius 1 is 1.38 bits per heavy atom. The van der Waals surface area contributed by atoms with E-state index in [1.54, 1.807) is 6.07 Å². The maximum absolute atomic E-state index is 13.7. The molecule has 1 N–H and O–H groups in total. The Balaban J connectivity index is 1.92. The molecular formula is C17H24FN3O3. The first-order valence-electron chi connectivity index (χ1n) is 8.24. The van der Waals surface area contributed by atoms with Gasteiger partial charge in [-0.15, -0.1) is 0 Å². The Morgan fingerprint density at radius 2 is 2.12 bits per heavy atom. The van der Waals surface area contributed by atoms with Crippen LogP contribution in [0, 0.1) is 5.82 Å². The standard InChI is InChI=1S/C17H24FN3O3/c1-2-11-24-17(19-7-8-21-9-12-23-13-10-21)20-16(22)14-5-3-4-6-15(14)18/h3-6H,2,7-13H2,1H3,(H,19,20,22). The summed E-state index contributed by atoms with van der Waals surface area (Å²) in [6.07, 6.45) is 0.790. The first kappa shape index (κ1) is 18.4. The number of morpholine rings is 1. The van der Waals surface area contributed by atoms with Gasteiger partial charge in [0.2, 0.25) is 0 Å². The number of rotatable bonds is 6. The molecule has 0 aromatic heterocycles. The summed E-state index contributed by atoms with van der Waals surface area (Å²) in [7, 11) is 0. The van der Waals surface area contributed by atoms with Crippen LogP contribution >= 0.6 is 0 Å². The molecule has 0 bridgehead atoms. The van der Waals surface area contributed by atoms with Crippen LogP contribution in [0.4, 0.5) is 4.39 Å². The van der Waals surface area contributed by atoms with Crippen LogP contribution in [0.3, 0.4) is 0 Å². The Bertz CT molecular complexity index is 560. The van der Waals surface area contributed by atoms with E-state index in [-0.39, 0.29) is 11.6 Å². The molecule has 0 spiro atoms. The molecule has 1 amide bonds. The van der Waals surface area contributed by atoms with E-state index < -0.39 is 11.7 Å². The Morgan fingerprint density at radius 3 is 2.83 bits per heavy atom. The fraction of sp³-hybridized carbons (Fsp3) is 0.529. The number of amides is 1. The minimum atomic E-state index is -0.571. The van der Waals surface area contributed by atoms with Gasteiger partial charge in [0.25, 0.3) is 11.9 Å². The van der Waals surface area contributed by atoms with E-state index in [1.807, 2.05) is 6.92 Å². The van der Waals surface area contributed by atoms with Crippen LogP contribution in [0.5, 0.6) is 0 Å². The highest BCUT2D eigenvalue weighted by molar-refractivity contribution is 6.04. The van der Waals surface area contributed by atoms with Crippen LogP contribution in [-0.4, -0.2) is 62.8 Å². The lowest BCUT2D eigenvalue weighted by atomic mass is 10.2. The largest absolute Gasteiger partial charge is 0.465 e. The third-order valence-corrected chi connectivity index (χ3v) is 3.56. The fourth-order valence-electron chi connectivity index (χ4n) is 2.25. The maximum Gasteiger partial charge on any atom is 0.291 e. The summed E-state index contributed by atoms with van der Waals surface area (Å²) in [5.41, 5.74) is -0.0292. The van der Waals surface area contributed by atoms with Crippen LogP contribution in [0.25, 0.3) is 0 Å². The topological polar surface area (TPSA) is 63.2 Å². The fourth-order valence-corrected chi connectivity index (χ4v) is 2.25. The number of amidine groups is 1. The average Bonchev–Trinajstić information content (AvgIpc) is 2.60. The number of halogens is 1. The lowest BCUT2D eigenvalue weighted by molar-refractivity contribution is 0.0394. The minimum absolute atomic E-state index is 0.0292. The third-order valence-electron chi connectivity index (χ3n) is 3.56. The summed E-state index contributed by atoms with van der Waals surface area (Å²) >= 11 is 0. The van der Waals surface area contributed by atoms with Gasteiger partial charge >= 0.3 is 0 Å². The van der Waals surface area contributed by atoms with Gasteiger partial charge in [0, 0.05) is 19.6 Å². The molecule has 1 aliphatic rings. The first-order valence-corrected chi connectivity index (χ1v) is 8.24. The van der Waals surface area contributed by atoms with E-state index in [2.05, 4.69) is 15.2 Å². The minimum Gasteiger partial charge on any atom is -0.465 e. The molecule has 1 fully saturated rings. The van der Waals surface area contributed by atoms with E-state index in [1.165, 1.54) is 18.2 Å². The predicted octanol–water partition coefficient (Wildman–Crippen LogP) is 1.67. The molecule has 0 unspecified atom stereocenters. The SMILES string of the molecule is CCCOC(=NCCN1CCOCC1)NC(=O)c1ccccc1F. The Labute approximate surface area is 141 Å². The van der Waals surface area contributed by atoms with Gasteiger partial charge < -0.3 is 9.47 Å². The van der Waals surface area contributed by atoms with Gasteiger partial charge in [-0.25, -0.2) is 9.38 Å². The number of carbonyl (C=O) groups excluding carboxylic acids is 1. The molecule has 0 aliphatic carbocycles. The number of benzene rings is 1. The molecule has 1 aromatic carbocycles. The molecular weight excluding hydrogens is 313 g/mol. The lowest BCUT2D eigenvalue weighted by Crippen LogP contribution is -2.38. The van der Waals surface area contributed by atoms with Crippen LogP contribution in [0.1, 0.15) is 23.7 Å². The van der Waals surface area contributed by atoms with Gasteiger partial charge in [-0.1, -0.05) is 19.1 Å². The Kier molecular flexibility index (Phi) is 7.64. The average molecular weight is 337 g/mol. The highest BCUT2D eigenvalue weighted by Crippen LogP contribution is 2.06. The van der Waals surface area contributed by atoms with Crippen LogP contribution < -0.4 is 5.32 Å². The molecule has 1 saturated heterocycles. The van der Waals surface area contributed by atoms with Crippen molar-refractivity contribution >= 4 is 11.9 Å². The van der Waals surface area contributed by atoms with E-state index in [0.29, 0.717) is 13.2 Å². The van der Waals surface area contributed by atoms with Crippen LogP contribution in [0.15, 0.2) is 29.3 Å². The van der Waals surface area contributed by atoms with Crippen molar-refractivity contribution in [2.24, 2.45) is 4.99 Å². The maximum atomic E-state index is 13.7. The van der Waals surface area contributed by atoms with Crippen molar-refractivity contribution in [1.29, 1.82) is 0 Å². The second kappa shape index (κ2) is 10.00. The molecule has 1 aliphatic heterocycles. The van der Waals surface area contributed by atoms with Crippen molar-refractivity contribution < 1.29 is 18.7 Å². The summed E-state index contributed by atoms with van der Waals surface area (Å²) in [6.45, 7) is 6.87. The van der Waals surface area contributed by atoms with Crippen molar-refractivity contribution in [3.8, 4) is 0 Å². The van der Waals surface area contributed by atoms with Gasteiger partial charge in [0.15, 0.2) is 0 Å². The second-order valence-corrected chi connectivity index (χ2v) is 5.42. The zero-order chi connectivity index (χ0) is 17.2. The Hall–Kier alpha value is -1.99. The number of hydrogen-bond donors (Lipinski definition) is 1. The monoisotopic (exact) mass is 337 g/mol. The van der Waals surface area contributed by atoms with Crippen molar-refractivity contribution in [2.45, 2.75) is 13.3 Å². The van der Waals surface area contributed by atoms with Crippen LogP contribution in [-0.2, 0) is 9.47 Å². The molecule has 0 saturated carbocycles. The van der Waals surface area contributed by atoms with Gasteiger partial charge in [-0.3, -0.25) is 15.0 Å². The molecule has 24 heavy (non-hydrogen) atoms. The normalized spacial score (nSPS) is 16.0. The zero-order valence-electron chi connectivity index (χ0n) is 14.0. The summed E-state index contributed by atoms with van der Waals surface area (Å²) in [4.78, 5) is 18.7. The van der Waals surface area contributed by atoms with E-state index in [0.717, 1.165) is 39.3 Å². The summed E-state index contributed by atoms with van der Waals surface area (Å²) in [5, 5.41) is 2.55. The smallest absolute Gasteiger partial charge is 0.291 e. The highest BCUT2D eigenvalue weighted by atomic mass is 19.1. The summed E-state index contributed by atoms with van der Waals surface area (Å²) in [5.74, 6) is -1.13. The predicted molar refractivity (Wildman–Crippen MR) is 89.7 cm³/mol. The van der Waals surface area contributed by atoms with Crippen molar-refractivity contribution in [3.05, 3.63) is 35.6 Å². The lowest BCUT2D eigenvalue weighted by Gasteiger charge is -2.25. The van der Waals surface area contributed by atoms with Gasteiger partial charge in [-0.2, -0.15) is 0 Å². The van der Waals surface area contributed by atoms with Gasteiger partial charge in [0.1, 0.15) is 5.82 Å². The van der Waals surface area contributed by atoms with Crippen molar-refractivity contribution in [1.82, 2.24) is 10.2 Å². The van der Waals surface area contributed by atoms with Gasteiger partial charge in [0.05, 0.1) is 31.9 Å². The molecule has 1 aromatic rings. The van der Waals surface area contributed by atoms with Crippen LogP contribution in [0.2, 0.25) is 0 Å². The first-order chi connectivity index (χ1) is 11.7.